The number of carbonyl (C=O) groups is 1. The lowest BCUT2D eigenvalue weighted by Crippen LogP contribution is -2.39. The number of rotatable bonds is 6. The average molecular weight is 433 g/mol. The summed E-state index contributed by atoms with van der Waals surface area (Å²) < 4.78 is 10.4. The van der Waals surface area contributed by atoms with Gasteiger partial charge in [0.05, 0.1) is 13.4 Å². The normalized spacial score (nSPS) is 16.1. The molecule has 0 spiro atoms. The second-order valence-corrected chi connectivity index (χ2v) is 7.73. The number of carbonyl (C=O) groups excluding carboxylic acids is 1. The molecule has 2 N–H and O–H groups in total. The van der Waals surface area contributed by atoms with Crippen molar-refractivity contribution in [3.05, 3.63) is 83.8 Å². The fourth-order valence-corrected chi connectivity index (χ4v) is 3.92. The molecule has 4 rings (SSSR count). The largest absolute Gasteiger partial charge is 0.497 e. The standard InChI is InChI=1S/C25H28N4O3/c1-26-25(29-14-13-20(17-29)19-7-11-22(31-2)12-8-19)27-16-18-5-9-21(10-6-18)28-24(30)23-4-3-15-32-23/h3-12,15,20H,13-14,16-17H2,1-2H3,(H,26,27)(H,28,30). The second kappa shape index (κ2) is 10.0. The molecule has 2 heterocycles. The van der Waals surface area contributed by atoms with E-state index in [1.165, 1.54) is 11.8 Å². The summed E-state index contributed by atoms with van der Waals surface area (Å²) in [5, 5.41) is 6.28. The van der Waals surface area contributed by atoms with E-state index in [2.05, 4.69) is 32.7 Å². The molecule has 0 radical (unpaired) electrons. The summed E-state index contributed by atoms with van der Waals surface area (Å²) in [6, 6.07) is 19.4. The molecule has 0 bridgehead atoms. The Hall–Kier alpha value is -3.74. The fourth-order valence-electron chi connectivity index (χ4n) is 3.92. The Balaban J connectivity index is 1.29. The second-order valence-electron chi connectivity index (χ2n) is 7.73. The van der Waals surface area contributed by atoms with Crippen LogP contribution in [0.15, 0.2) is 76.3 Å². The first kappa shape index (κ1) is 21.5. The van der Waals surface area contributed by atoms with Gasteiger partial charge in [0.2, 0.25) is 0 Å². The van der Waals surface area contributed by atoms with E-state index in [4.69, 9.17) is 9.15 Å². The van der Waals surface area contributed by atoms with Gasteiger partial charge >= 0.3 is 0 Å². The maximum absolute atomic E-state index is 12.1. The number of anilines is 1. The van der Waals surface area contributed by atoms with Gasteiger partial charge in [0.1, 0.15) is 5.75 Å². The SMILES string of the molecule is CN=C(NCc1ccc(NC(=O)c2ccco2)cc1)N1CCC(c2ccc(OC)cc2)C1. The number of guanidine groups is 1. The Bertz CT molecular complexity index is 1040. The molecule has 0 aliphatic carbocycles. The van der Waals surface area contributed by atoms with Crippen LogP contribution in [0.2, 0.25) is 0 Å². The molecular weight excluding hydrogens is 404 g/mol. The minimum Gasteiger partial charge on any atom is -0.497 e. The van der Waals surface area contributed by atoms with Crippen molar-refractivity contribution in [2.24, 2.45) is 4.99 Å². The van der Waals surface area contributed by atoms with Crippen molar-refractivity contribution in [1.29, 1.82) is 0 Å². The smallest absolute Gasteiger partial charge is 0.291 e. The zero-order chi connectivity index (χ0) is 22.3. The number of nitrogens with one attached hydrogen (secondary N) is 2. The third-order valence-corrected chi connectivity index (χ3v) is 5.69. The van der Waals surface area contributed by atoms with Crippen LogP contribution in [0.4, 0.5) is 5.69 Å². The Morgan fingerprint density at radius 3 is 2.59 bits per heavy atom. The van der Waals surface area contributed by atoms with Gasteiger partial charge in [0.15, 0.2) is 11.7 Å². The third-order valence-electron chi connectivity index (χ3n) is 5.69. The number of benzene rings is 2. The highest BCUT2D eigenvalue weighted by atomic mass is 16.5. The average Bonchev–Trinajstić information content (AvgIpc) is 3.54. The van der Waals surface area contributed by atoms with E-state index in [0.29, 0.717) is 12.5 Å². The molecule has 1 aliphatic rings. The zero-order valence-electron chi connectivity index (χ0n) is 18.4. The lowest BCUT2D eigenvalue weighted by molar-refractivity contribution is 0.0996. The Kier molecular flexibility index (Phi) is 6.75. The van der Waals surface area contributed by atoms with Gasteiger partial charge in [-0.05, 0) is 53.9 Å². The van der Waals surface area contributed by atoms with E-state index in [0.717, 1.165) is 42.5 Å². The summed E-state index contributed by atoms with van der Waals surface area (Å²) in [4.78, 5) is 18.8. The minimum absolute atomic E-state index is 0.262. The number of ether oxygens (including phenoxy) is 1. The van der Waals surface area contributed by atoms with E-state index >= 15 is 0 Å². The molecule has 0 saturated carbocycles. The van der Waals surface area contributed by atoms with Gasteiger partial charge in [-0.2, -0.15) is 0 Å². The van der Waals surface area contributed by atoms with Crippen molar-refractivity contribution >= 4 is 17.6 Å². The van der Waals surface area contributed by atoms with Crippen molar-refractivity contribution in [2.45, 2.75) is 18.9 Å². The van der Waals surface area contributed by atoms with E-state index in [9.17, 15) is 4.79 Å². The van der Waals surface area contributed by atoms with Gasteiger partial charge in [-0.25, -0.2) is 0 Å². The first-order valence-corrected chi connectivity index (χ1v) is 10.7. The number of furan rings is 1. The highest BCUT2D eigenvalue weighted by Gasteiger charge is 2.26. The molecular formula is C25H28N4O3. The molecule has 2 aromatic carbocycles. The van der Waals surface area contributed by atoms with Crippen LogP contribution in [0.5, 0.6) is 5.75 Å². The molecule has 3 aromatic rings. The molecule has 1 unspecified atom stereocenters. The van der Waals surface area contributed by atoms with Crippen molar-refractivity contribution in [3.63, 3.8) is 0 Å². The van der Waals surface area contributed by atoms with Gasteiger partial charge in [-0.1, -0.05) is 24.3 Å². The molecule has 1 aromatic heterocycles. The van der Waals surface area contributed by atoms with Crippen LogP contribution in [0, 0.1) is 0 Å². The molecule has 7 nitrogen and oxygen atoms in total. The molecule has 7 heteroatoms. The van der Waals surface area contributed by atoms with Crippen molar-refractivity contribution in [1.82, 2.24) is 10.2 Å². The van der Waals surface area contributed by atoms with Crippen LogP contribution in [0.3, 0.4) is 0 Å². The molecule has 32 heavy (non-hydrogen) atoms. The van der Waals surface area contributed by atoms with E-state index in [1.807, 2.05) is 43.4 Å². The number of aliphatic imine (C=N–C) groups is 1. The summed E-state index contributed by atoms with van der Waals surface area (Å²) in [5.41, 5.74) is 3.16. The van der Waals surface area contributed by atoms with Crippen LogP contribution >= 0.6 is 0 Å². The quantitative estimate of drug-likeness (QED) is 0.453. The number of methoxy groups -OCH3 is 1. The monoisotopic (exact) mass is 432 g/mol. The van der Waals surface area contributed by atoms with Gasteiger partial charge in [0, 0.05) is 38.3 Å². The lowest BCUT2D eigenvalue weighted by Gasteiger charge is -2.22. The highest BCUT2D eigenvalue weighted by molar-refractivity contribution is 6.02. The van der Waals surface area contributed by atoms with Gasteiger partial charge in [0.25, 0.3) is 5.91 Å². The Labute approximate surface area is 188 Å². The number of hydrogen-bond donors (Lipinski definition) is 2. The first-order valence-electron chi connectivity index (χ1n) is 10.7. The van der Waals surface area contributed by atoms with Crippen molar-refractivity contribution in [3.8, 4) is 5.75 Å². The highest BCUT2D eigenvalue weighted by Crippen LogP contribution is 2.28. The van der Waals surface area contributed by atoms with E-state index in [-0.39, 0.29) is 11.7 Å². The van der Waals surface area contributed by atoms with E-state index in [1.54, 1.807) is 19.2 Å². The van der Waals surface area contributed by atoms with Gasteiger partial charge in [-0.15, -0.1) is 0 Å². The number of amides is 1. The van der Waals surface area contributed by atoms with Crippen LogP contribution in [-0.4, -0.2) is 44.0 Å². The topological polar surface area (TPSA) is 79.1 Å². The summed E-state index contributed by atoms with van der Waals surface area (Å²) in [6.45, 7) is 2.56. The van der Waals surface area contributed by atoms with Crippen LogP contribution in [0.25, 0.3) is 0 Å². The lowest BCUT2D eigenvalue weighted by atomic mass is 9.98. The number of likely N-dealkylation sites (tertiary alicyclic amines) is 1. The molecule has 1 fully saturated rings. The van der Waals surface area contributed by atoms with Crippen LogP contribution < -0.4 is 15.4 Å². The molecule has 1 aliphatic heterocycles. The molecule has 1 atom stereocenters. The first-order chi connectivity index (χ1) is 15.7. The summed E-state index contributed by atoms with van der Waals surface area (Å²) in [7, 11) is 3.50. The van der Waals surface area contributed by atoms with Gasteiger partial charge < -0.3 is 24.7 Å². The number of hydrogen-bond acceptors (Lipinski definition) is 4. The fraction of sp³-hybridized carbons (Fsp3) is 0.280. The van der Waals surface area contributed by atoms with E-state index < -0.39 is 0 Å². The van der Waals surface area contributed by atoms with Crippen LogP contribution in [0.1, 0.15) is 34.0 Å². The maximum atomic E-state index is 12.1. The summed E-state index contributed by atoms with van der Waals surface area (Å²) in [5.74, 6) is 2.29. The molecule has 166 valence electrons. The molecule has 1 saturated heterocycles. The summed E-state index contributed by atoms with van der Waals surface area (Å²) in [6.07, 6.45) is 2.58. The third kappa shape index (κ3) is 5.11. The Morgan fingerprint density at radius 1 is 1.16 bits per heavy atom. The van der Waals surface area contributed by atoms with Gasteiger partial charge in [-0.3, -0.25) is 9.79 Å². The predicted molar refractivity (Wildman–Crippen MR) is 125 cm³/mol. The minimum atomic E-state index is -0.262. The van der Waals surface area contributed by atoms with Crippen LogP contribution in [-0.2, 0) is 6.54 Å². The van der Waals surface area contributed by atoms with Crippen molar-refractivity contribution in [2.75, 3.05) is 32.6 Å². The summed E-state index contributed by atoms with van der Waals surface area (Å²) >= 11 is 0. The number of nitrogens with zero attached hydrogens (tertiary/aromatic N) is 2. The molecule has 1 amide bonds. The predicted octanol–water partition coefficient (Wildman–Crippen LogP) is 4.11. The Morgan fingerprint density at radius 2 is 1.94 bits per heavy atom. The zero-order valence-corrected chi connectivity index (χ0v) is 18.4. The maximum Gasteiger partial charge on any atom is 0.291 e. The van der Waals surface area contributed by atoms with Crippen molar-refractivity contribution < 1.29 is 13.9 Å².